The molecule has 1 saturated heterocycles. The number of aromatic nitrogens is 2. The zero-order valence-electron chi connectivity index (χ0n) is 15.6. The van der Waals surface area contributed by atoms with Crippen molar-refractivity contribution < 1.29 is 13.9 Å². The molecule has 1 fully saturated rings. The molecule has 0 spiro atoms. The molecule has 8 nitrogen and oxygen atoms in total. The first-order valence-corrected chi connectivity index (χ1v) is 9.27. The summed E-state index contributed by atoms with van der Waals surface area (Å²) >= 11 is 0. The second-order valence-electron chi connectivity index (χ2n) is 6.88. The van der Waals surface area contributed by atoms with E-state index in [2.05, 4.69) is 10.3 Å². The summed E-state index contributed by atoms with van der Waals surface area (Å²) in [7, 11) is 1.63. The molecule has 3 heterocycles. The number of urea groups is 1. The lowest BCUT2D eigenvalue weighted by Gasteiger charge is -2.25. The number of pyridine rings is 1. The van der Waals surface area contributed by atoms with Crippen molar-refractivity contribution in [1.82, 2.24) is 14.5 Å². The predicted octanol–water partition coefficient (Wildman–Crippen LogP) is 2.74. The second kappa shape index (κ2) is 7.85. The third-order valence-corrected chi connectivity index (χ3v) is 4.86. The smallest absolute Gasteiger partial charge is 0.408 e. The molecule has 1 atom stereocenters. The first-order valence-electron chi connectivity index (χ1n) is 9.27. The molecule has 0 aliphatic carbocycles. The van der Waals surface area contributed by atoms with Gasteiger partial charge in [0.05, 0.1) is 23.9 Å². The fourth-order valence-corrected chi connectivity index (χ4v) is 3.35. The van der Waals surface area contributed by atoms with Crippen molar-refractivity contribution in [2.24, 2.45) is 7.05 Å². The van der Waals surface area contributed by atoms with Gasteiger partial charge in [-0.2, -0.15) is 0 Å². The number of carbonyl (C=O) groups excluding carboxylic acids is 1. The highest BCUT2D eigenvalue weighted by atomic mass is 16.5. The first-order chi connectivity index (χ1) is 13.6. The number of benzene rings is 1. The van der Waals surface area contributed by atoms with Gasteiger partial charge in [-0.25, -0.2) is 9.59 Å². The molecular weight excluding hydrogens is 360 g/mol. The van der Waals surface area contributed by atoms with Gasteiger partial charge in [0.25, 0.3) is 0 Å². The number of nitrogens with zero attached hydrogens (tertiary/aromatic N) is 3. The number of fused-ring (bicyclic) bond motifs is 1. The number of rotatable bonds is 5. The number of carbonyl (C=O) groups is 1. The molecule has 28 heavy (non-hydrogen) atoms. The van der Waals surface area contributed by atoms with Gasteiger partial charge in [0.15, 0.2) is 5.58 Å². The van der Waals surface area contributed by atoms with Crippen LogP contribution >= 0.6 is 0 Å². The van der Waals surface area contributed by atoms with Crippen LogP contribution in [-0.2, 0) is 18.3 Å². The number of oxazole rings is 1. The Labute approximate surface area is 161 Å². The average Bonchev–Trinajstić information content (AvgIpc) is 3.31. The fraction of sp³-hybridized carbons (Fsp3) is 0.350. The van der Waals surface area contributed by atoms with Crippen molar-refractivity contribution in [3.8, 4) is 0 Å². The minimum Gasteiger partial charge on any atom is -0.408 e. The second-order valence-corrected chi connectivity index (χ2v) is 6.88. The summed E-state index contributed by atoms with van der Waals surface area (Å²) in [6.45, 7) is 1.61. The van der Waals surface area contributed by atoms with Crippen molar-refractivity contribution in [3.63, 3.8) is 0 Å². The molecule has 1 aromatic carbocycles. The summed E-state index contributed by atoms with van der Waals surface area (Å²) in [6, 6.07) is 10.5. The van der Waals surface area contributed by atoms with Crippen LogP contribution in [0, 0.1) is 0 Å². The normalized spacial score (nSPS) is 16.4. The van der Waals surface area contributed by atoms with Crippen LogP contribution in [0.25, 0.3) is 11.1 Å². The van der Waals surface area contributed by atoms with Crippen LogP contribution in [0.5, 0.6) is 0 Å². The molecule has 1 aliphatic heterocycles. The van der Waals surface area contributed by atoms with Crippen molar-refractivity contribution in [3.05, 3.63) is 58.8 Å². The minimum atomic E-state index is -0.436. The number of hydrogen-bond donors (Lipinski definition) is 1. The zero-order chi connectivity index (χ0) is 19.5. The lowest BCUT2D eigenvalue weighted by molar-refractivity contribution is 0.0816. The summed E-state index contributed by atoms with van der Waals surface area (Å²) in [5.41, 5.74) is 2.50. The van der Waals surface area contributed by atoms with Crippen LogP contribution in [0.3, 0.4) is 0 Å². The molecule has 0 bridgehead atoms. The minimum absolute atomic E-state index is 0.0339. The van der Waals surface area contributed by atoms with Gasteiger partial charge in [-0.05, 0) is 43.2 Å². The summed E-state index contributed by atoms with van der Waals surface area (Å²) in [4.78, 5) is 30.7. The summed E-state index contributed by atoms with van der Waals surface area (Å²) in [5, 5.41) is 2.91. The zero-order valence-corrected chi connectivity index (χ0v) is 15.6. The Kier molecular flexibility index (Phi) is 5.12. The maximum atomic E-state index is 13.0. The van der Waals surface area contributed by atoms with E-state index in [0.717, 1.165) is 25.1 Å². The Morgan fingerprint density at radius 1 is 1.36 bits per heavy atom. The van der Waals surface area contributed by atoms with Crippen molar-refractivity contribution in [2.75, 3.05) is 18.5 Å². The highest BCUT2D eigenvalue weighted by Gasteiger charge is 2.23. The van der Waals surface area contributed by atoms with E-state index in [0.29, 0.717) is 29.9 Å². The maximum absolute atomic E-state index is 13.0. The van der Waals surface area contributed by atoms with Crippen LogP contribution in [-0.4, -0.2) is 39.7 Å². The number of anilines is 1. The fourth-order valence-electron chi connectivity index (χ4n) is 3.35. The number of hydrogen-bond acceptors (Lipinski definition) is 5. The number of ether oxygens (including phenoxy) is 1. The molecule has 1 N–H and O–H groups in total. The molecule has 0 radical (unpaired) electrons. The summed E-state index contributed by atoms with van der Waals surface area (Å²) < 4.78 is 12.2. The van der Waals surface area contributed by atoms with E-state index in [9.17, 15) is 9.59 Å². The van der Waals surface area contributed by atoms with E-state index < -0.39 is 5.76 Å². The van der Waals surface area contributed by atoms with Gasteiger partial charge in [-0.15, -0.1) is 0 Å². The Balaban J connectivity index is 1.53. The van der Waals surface area contributed by atoms with E-state index >= 15 is 0 Å². The SMILES string of the molecule is Cn1c(=O)oc2ccc(NC(=O)N(Cc3ccccn3)C[C@@H]3CCCO3)cc21. The Morgan fingerprint density at radius 2 is 2.25 bits per heavy atom. The third kappa shape index (κ3) is 3.91. The van der Waals surface area contributed by atoms with Crippen LogP contribution in [0.1, 0.15) is 18.5 Å². The maximum Gasteiger partial charge on any atom is 0.419 e. The third-order valence-electron chi connectivity index (χ3n) is 4.86. The number of nitrogens with one attached hydrogen (secondary N) is 1. The van der Waals surface area contributed by atoms with E-state index in [1.807, 2.05) is 18.2 Å². The van der Waals surface area contributed by atoms with Crippen LogP contribution in [0.2, 0.25) is 0 Å². The molecule has 3 aromatic rings. The lowest BCUT2D eigenvalue weighted by atomic mass is 10.2. The number of aryl methyl sites for hydroxylation is 1. The molecule has 2 aromatic heterocycles. The average molecular weight is 382 g/mol. The van der Waals surface area contributed by atoms with Gasteiger partial charge in [0.2, 0.25) is 0 Å². The monoisotopic (exact) mass is 382 g/mol. The van der Waals surface area contributed by atoms with E-state index in [4.69, 9.17) is 9.15 Å². The Morgan fingerprint density at radius 3 is 3.00 bits per heavy atom. The van der Waals surface area contributed by atoms with Crippen LogP contribution < -0.4 is 11.1 Å². The molecule has 1 aliphatic rings. The molecule has 0 saturated carbocycles. The van der Waals surface area contributed by atoms with Gasteiger partial charge in [-0.1, -0.05) is 6.07 Å². The molecule has 0 unspecified atom stereocenters. The van der Waals surface area contributed by atoms with E-state index in [1.54, 1.807) is 36.3 Å². The van der Waals surface area contributed by atoms with Gasteiger partial charge in [-0.3, -0.25) is 9.55 Å². The van der Waals surface area contributed by atoms with Gasteiger partial charge < -0.3 is 19.4 Å². The van der Waals surface area contributed by atoms with Crippen LogP contribution in [0.15, 0.2) is 51.8 Å². The van der Waals surface area contributed by atoms with Crippen molar-refractivity contribution in [2.45, 2.75) is 25.5 Å². The largest absolute Gasteiger partial charge is 0.419 e. The quantitative estimate of drug-likeness (QED) is 0.733. The Bertz CT molecular complexity index is 1020. The highest BCUT2D eigenvalue weighted by molar-refractivity contribution is 5.91. The standard InChI is InChI=1S/C20H22N4O4/c1-23-17-11-14(7-8-18(17)28-20(23)26)22-19(25)24(13-16-6-4-10-27-16)12-15-5-2-3-9-21-15/h2-3,5,7-9,11,16H,4,6,10,12-13H2,1H3,(H,22,25)/t16-/m0/s1. The predicted molar refractivity (Wildman–Crippen MR) is 104 cm³/mol. The molecule has 146 valence electrons. The van der Waals surface area contributed by atoms with Crippen molar-refractivity contribution >= 4 is 22.8 Å². The number of amides is 2. The van der Waals surface area contributed by atoms with Gasteiger partial charge >= 0.3 is 11.8 Å². The van der Waals surface area contributed by atoms with E-state index in [-0.39, 0.29) is 12.1 Å². The van der Waals surface area contributed by atoms with Crippen LogP contribution in [0.4, 0.5) is 10.5 Å². The van der Waals surface area contributed by atoms with Gasteiger partial charge in [0, 0.05) is 32.1 Å². The highest BCUT2D eigenvalue weighted by Crippen LogP contribution is 2.20. The van der Waals surface area contributed by atoms with Crippen molar-refractivity contribution in [1.29, 1.82) is 0 Å². The topological polar surface area (TPSA) is 89.6 Å². The van der Waals surface area contributed by atoms with Gasteiger partial charge in [0.1, 0.15) is 0 Å². The lowest BCUT2D eigenvalue weighted by Crippen LogP contribution is -2.39. The first kappa shape index (κ1) is 18.2. The molecule has 4 rings (SSSR count). The molecule has 2 amide bonds. The molecular formula is C20H22N4O4. The molecule has 8 heteroatoms. The van der Waals surface area contributed by atoms with E-state index in [1.165, 1.54) is 4.57 Å². The Hall–Kier alpha value is -3.13. The summed E-state index contributed by atoms with van der Waals surface area (Å²) in [5.74, 6) is -0.436. The summed E-state index contributed by atoms with van der Waals surface area (Å²) in [6.07, 6.45) is 3.70.